The minimum atomic E-state index is -5.08. The van der Waals surface area contributed by atoms with Gasteiger partial charge in [-0.1, -0.05) is 30.3 Å². The molecule has 2 rings (SSSR count). The van der Waals surface area contributed by atoms with E-state index < -0.39 is 18.1 Å². The molecule has 1 aliphatic rings. The fourth-order valence-electron chi connectivity index (χ4n) is 2.57. The van der Waals surface area contributed by atoms with Crippen LogP contribution in [0.3, 0.4) is 0 Å². The van der Waals surface area contributed by atoms with Crippen LogP contribution in [-0.4, -0.2) is 84.8 Å². The fraction of sp³-hybridized carbons (Fsp3) is 0.500. The largest absolute Gasteiger partial charge is 0.490 e. The molecule has 1 aromatic carbocycles. The van der Waals surface area contributed by atoms with Gasteiger partial charge >= 0.3 is 18.2 Å². The normalized spacial score (nSPS) is 14.9. The number of alkyl halides is 3. The van der Waals surface area contributed by atoms with Crippen molar-refractivity contribution in [1.29, 1.82) is 0 Å². The molecule has 5 N–H and O–H groups in total. The average molecular weight is 433 g/mol. The molecule has 0 radical (unpaired) electrons. The van der Waals surface area contributed by atoms with Crippen LogP contribution in [-0.2, 0) is 16.1 Å². The molecule has 9 nitrogen and oxygen atoms in total. The Hall–Kier alpha value is -2.86. The molecule has 0 aliphatic carbocycles. The molecule has 3 amide bonds. The van der Waals surface area contributed by atoms with Gasteiger partial charge < -0.3 is 21.5 Å². The molecular weight excluding hydrogens is 407 g/mol. The summed E-state index contributed by atoms with van der Waals surface area (Å²) in [6, 6.07) is 10.1. The van der Waals surface area contributed by atoms with Crippen LogP contribution in [0.2, 0.25) is 0 Å². The number of carbonyl (C=O) groups excluding carboxylic acids is 2. The molecule has 1 heterocycles. The van der Waals surface area contributed by atoms with Gasteiger partial charge in [0.25, 0.3) is 0 Å². The quantitative estimate of drug-likeness (QED) is 0.487. The number of hydrogen-bond donors (Lipinski definition) is 4. The second-order valence-corrected chi connectivity index (χ2v) is 6.48. The van der Waals surface area contributed by atoms with Crippen LogP contribution in [0, 0.1) is 0 Å². The van der Waals surface area contributed by atoms with Crippen LogP contribution in [0.15, 0.2) is 30.3 Å². The zero-order chi connectivity index (χ0) is 22.6. The monoisotopic (exact) mass is 433 g/mol. The number of amides is 3. The van der Waals surface area contributed by atoms with E-state index in [2.05, 4.69) is 44.7 Å². The molecule has 0 saturated carbocycles. The second kappa shape index (κ2) is 12.6. The minimum absolute atomic E-state index is 0.135. The standard InChI is InChI=1S/C16H25N5O2.C2HF3O2/c17-15(22)12-19-16(23)18-6-7-20-8-10-21(11-9-20)13-14-4-2-1-3-5-14;3-2(4,5)1(6)7/h1-5H,6-13H2,(H2,17,22)(H2,18,19,23);(H,6,7). The number of rotatable bonds is 7. The molecule has 0 unspecified atom stereocenters. The summed E-state index contributed by atoms with van der Waals surface area (Å²) in [5, 5.41) is 12.3. The third-order valence-corrected chi connectivity index (χ3v) is 4.09. The highest BCUT2D eigenvalue weighted by Gasteiger charge is 2.38. The molecule has 0 spiro atoms. The van der Waals surface area contributed by atoms with Crippen LogP contribution in [0.25, 0.3) is 0 Å². The number of benzene rings is 1. The van der Waals surface area contributed by atoms with Crippen molar-refractivity contribution in [3.63, 3.8) is 0 Å². The Morgan fingerprint density at radius 2 is 1.53 bits per heavy atom. The number of primary amides is 1. The first-order valence-electron chi connectivity index (χ1n) is 9.16. The van der Waals surface area contributed by atoms with Gasteiger partial charge in [0.05, 0.1) is 6.54 Å². The lowest BCUT2D eigenvalue weighted by Crippen LogP contribution is -2.49. The maximum Gasteiger partial charge on any atom is 0.490 e. The Kier molecular flexibility index (Phi) is 10.6. The summed E-state index contributed by atoms with van der Waals surface area (Å²) in [5.41, 5.74) is 6.30. The number of piperazine rings is 1. The Morgan fingerprint density at radius 1 is 1.00 bits per heavy atom. The highest BCUT2D eigenvalue weighted by molar-refractivity contribution is 5.82. The van der Waals surface area contributed by atoms with Crippen molar-refractivity contribution in [2.75, 3.05) is 45.8 Å². The van der Waals surface area contributed by atoms with Crippen molar-refractivity contribution >= 4 is 17.9 Å². The van der Waals surface area contributed by atoms with Gasteiger partial charge in [0.2, 0.25) is 5.91 Å². The van der Waals surface area contributed by atoms with E-state index in [1.54, 1.807) is 0 Å². The first kappa shape index (κ1) is 25.2. The van der Waals surface area contributed by atoms with Crippen molar-refractivity contribution in [1.82, 2.24) is 20.4 Å². The van der Waals surface area contributed by atoms with E-state index >= 15 is 0 Å². The third kappa shape index (κ3) is 11.2. The number of urea groups is 1. The van der Waals surface area contributed by atoms with E-state index in [0.29, 0.717) is 6.54 Å². The average Bonchev–Trinajstić information content (AvgIpc) is 2.68. The first-order chi connectivity index (χ1) is 14.1. The lowest BCUT2D eigenvalue weighted by atomic mass is 10.2. The zero-order valence-electron chi connectivity index (χ0n) is 16.3. The Labute approximate surface area is 172 Å². The zero-order valence-corrected chi connectivity index (χ0v) is 16.3. The molecule has 30 heavy (non-hydrogen) atoms. The van der Waals surface area contributed by atoms with Gasteiger partial charge in [-0.3, -0.25) is 14.6 Å². The van der Waals surface area contributed by atoms with Crippen molar-refractivity contribution in [2.24, 2.45) is 5.73 Å². The number of nitrogens with one attached hydrogen (secondary N) is 2. The van der Waals surface area contributed by atoms with E-state index in [1.807, 2.05) is 6.07 Å². The highest BCUT2D eigenvalue weighted by Crippen LogP contribution is 2.13. The Balaban J connectivity index is 0.000000553. The van der Waals surface area contributed by atoms with Crippen molar-refractivity contribution in [2.45, 2.75) is 12.7 Å². The van der Waals surface area contributed by atoms with E-state index in [-0.39, 0.29) is 12.6 Å². The van der Waals surface area contributed by atoms with Crippen molar-refractivity contribution < 1.29 is 32.7 Å². The minimum Gasteiger partial charge on any atom is -0.475 e. The van der Waals surface area contributed by atoms with Gasteiger partial charge in [0, 0.05) is 45.8 Å². The van der Waals surface area contributed by atoms with Crippen LogP contribution in [0.5, 0.6) is 0 Å². The topological polar surface area (TPSA) is 128 Å². The number of carbonyl (C=O) groups is 3. The number of aliphatic carboxylic acids is 1. The SMILES string of the molecule is NC(=O)CNC(=O)NCCN1CCN(Cc2ccccc2)CC1.O=C(O)C(F)(F)F. The van der Waals surface area contributed by atoms with Crippen LogP contribution < -0.4 is 16.4 Å². The maximum atomic E-state index is 11.4. The van der Waals surface area contributed by atoms with Crippen LogP contribution in [0.1, 0.15) is 5.56 Å². The van der Waals surface area contributed by atoms with E-state index in [9.17, 15) is 22.8 Å². The van der Waals surface area contributed by atoms with Gasteiger partial charge in [-0.05, 0) is 5.56 Å². The summed E-state index contributed by atoms with van der Waals surface area (Å²) in [4.78, 5) is 35.6. The lowest BCUT2D eigenvalue weighted by molar-refractivity contribution is -0.192. The third-order valence-electron chi connectivity index (χ3n) is 4.09. The lowest BCUT2D eigenvalue weighted by Gasteiger charge is -2.34. The Bertz CT molecular complexity index is 680. The number of nitrogens with zero attached hydrogens (tertiary/aromatic N) is 2. The molecule has 1 fully saturated rings. The molecule has 1 saturated heterocycles. The second-order valence-electron chi connectivity index (χ2n) is 6.48. The number of carboxylic acids is 1. The summed E-state index contributed by atoms with van der Waals surface area (Å²) in [6.45, 7) is 6.28. The predicted molar refractivity (Wildman–Crippen MR) is 102 cm³/mol. The van der Waals surface area contributed by atoms with E-state index in [4.69, 9.17) is 15.6 Å². The number of nitrogens with two attached hydrogens (primary N) is 1. The number of carboxylic acid groups (broad SMARTS) is 1. The number of hydrogen-bond acceptors (Lipinski definition) is 5. The molecule has 0 bridgehead atoms. The van der Waals surface area contributed by atoms with Gasteiger partial charge in [-0.25, -0.2) is 9.59 Å². The van der Waals surface area contributed by atoms with Gasteiger partial charge in [-0.15, -0.1) is 0 Å². The Morgan fingerprint density at radius 3 is 2.03 bits per heavy atom. The summed E-state index contributed by atoms with van der Waals surface area (Å²) in [5.74, 6) is -3.30. The summed E-state index contributed by atoms with van der Waals surface area (Å²) in [6.07, 6.45) is -5.08. The maximum absolute atomic E-state index is 11.4. The van der Waals surface area contributed by atoms with Gasteiger partial charge in [0.15, 0.2) is 0 Å². The predicted octanol–water partition coefficient (Wildman–Crippen LogP) is 0.222. The molecular formula is C18H26F3N5O4. The summed E-state index contributed by atoms with van der Waals surface area (Å²) in [7, 11) is 0. The molecule has 12 heteroatoms. The number of halogens is 3. The van der Waals surface area contributed by atoms with E-state index in [0.717, 1.165) is 39.3 Å². The molecule has 0 aromatic heterocycles. The van der Waals surface area contributed by atoms with Crippen molar-refractivity contribution in [3.8, 4) is 0 Å². The molecule has 168 valence electrons. The van der Waals surface area contributed by atoms with Crippen LogP contribution >= 0.6 is 0 Å². The summed E-state index contributed by atoms with van der Waals surface area (Å²) < 4.78 is 31.7. The smallest absolute Gasteiger partial charge is 0.475 e. The summed E-state index contributed by atoms with van der Waals surface area (Å²) >= 11 is 0. The highest BCUT2D eigenvalue weighted by atomic mass is 19.4. The first-order valence-corrected chi connectivity index (χ1v) is 9.16. The van der Waals surface area contributed by atoms with Crippen molar-refractivity contribution in [3.05, 3.63) is 35.9 Å². The van der Waals surface area contributed by atoms with Gasteiger partial charge in [-0.2, -0.15) is 13.2 Å². The fourth-order valence-corrected chi connectivity index (χ4v) is 2.57. The van der Waals surface area contributed by atoms with Gasteiger partial charge in [0.1, 0.15) is 0 Å². The molecule has 1 aliphatic heterocycles. The molecule has 1 aromatic rings. The van der Waals surface area contributed by atoms with Crippen LogP contribution in [0.4, 0.5) is 18.0 Å². The molecule has 0 atom stereocenters. The van der Waals surface area contributed by atoms with E-state index in [1.165, 1.54) is 5.56 Å².